The van der Waals surface area contributed by atoms with E-state index in [1.807, 2.05) is 6.92 Å². The van der Waals surface area contributed by atoms with Crippen LogP contribution in [-0.2, 0) is 29.9 Å². The highest BCUT2D eigenvalue weighted by Gasteiger charge is 2.46. The Labute approximate surface area is 190 Å². The third kappa shape index (κ3) is 6.38. The van der Waals surface area contributed by atoms with Crippen molar-refractivity contribution >= 4 is 33.5 Å². The number of hydrogen-bond acceptors (Lipinski definition) is 5. The molecule has 32 heavy (non-hydrogen) atoms. The highest BCUT2D eigenvalue weighted by Crippen LogP contribution is 2.44. The Balaban J connectivity index is 2.21. The van der Waals surface area contributed by atoms with Crippen LogP contribution in [0.1, 0.15) is 77.2 Å². The summed E-state index contributed by atoms with van der Waals surface area (Å²) in [5, 5.41) is 8.81. The number of rotatable bonds is 13. The van der Waals surface area contributed by atoms with Crippen LogP contribution in [0.15, 0.2) is 23.1 Å². The van der Waals surface area contributed by atoms with Gasteiger partial charge in [0.05, 0.1) is 17.4 Å². The molecule has 2 rings (SSSR count). The highest BCUT2D eigenvalue weighted by atomic mass is 32.2. The Morgan fingerprint density at radius 2 is 1.72 bits per heavy atom. The van der Waals surface area contributed by atoms with E-state index < -0.39 is 21.5 Å². The van der Waals surface area contributed by atoms with Gasteiger partial charge in [-0.25, -0.2) is 0 Å². The maximum Gasteiger partial charge on any atom is 0.305 e. The maximum absolute atomic E-state index is 11.7. The number of nitrogens with zero attached hydrogens (tertiary/aromatic N) is 1. The van der Waals surface area contributed by atoms with Gasteiger partial charge in [0.25, 0.3) is 10.1 Å². The van der Waals surface area contributed by atoms with Crippen molar-refractivity contribution in [1.82, 2.24) is 0 Å². The number of carbonyl (C=O) groups is 2. The van der Waals surface area contributed by atoms with Crippen LogP contribution in [0.4, 0.5) is 5.69 Å². The minimum Gasteiger partial charge on any atom is -0.481 e. The third-order valence-electron chi connectivity index (χ3n) is 6.41. The molecule has 0 fully saturated rings. The fourth-order valence-corrected chi connectivity index (χ4v) is 4.89. The summed E-state index contributed by atoms with van der Waals surface area (Å²) >= 11 is 0. The molecule has 1 aliphatic rings. The number of carboxylic acid groups (broad SMARTS) is 1. The summed E-state index contributed by atoms with van der Waals surface area (Å²) < 4.78 is 39.9. The average molecular weight is 469 g/mol. The van der Waals surface area contributed by atoms with Crippen molar-refractivity contribution in [2.24, 2.45) is 0 Å². The summed E-state index contributed by atoms with van der Waals surface area (Å²) in [6.07, 6.45) is 5.96. The molecule has 1 aromatic carbocycles. The van der Waals surface area contributed by atoms with E-state index >= 15 is 0 Å². The Kier molecular flexibility index (Phi) is 8.98. The first-order chi connectivity index (χ1) is 15.0. The molecule has 0 radical (unpaired) electrons. The number of ether oxygens (including phenoxy) is 1. The van der Waals surface area contributed by atoms with Crippen molar-refractivity contribution in [3.05, 3.63) is 23.8 Å². The quantitative estimate of drug-likeness (QED) is 0.194. The summed E-state index contributed by atoms with van der Waals surface area (Å²) in [6, 6.07) is 4.72. The molecule has 0 saturated carbocycles. The zero-order chi connectivity index (χ0) is 23.9. The predicted octanol–water partition coefficient (Wildman–Crippen LogP) is 4.08. The van der Waals surface area contributed by atoms with E-state index in [9.17, 15) is 22.6 Å². The fourth-order valence-electron chi connectivity index (χ4n) is 4.38. The van der Waals surface area contributed by atoms with E-state index in [4.69, 9.17) is 5.11 Å². The lowest BCUT2D eigenvalue weighted by molar-refractivity contribution is -0.439. The van der Waals surface area contributed by atoms with Gasteiger partial charge in [0.1, 0.15) is 6.54 Å². The number of aliphatic carboxylic acids is 1. The molecular formula is C23H34NO7S+. The summed E-state index contributed by atoms with van der Waals surface area (Å²) in [6.45, 7) is 4.83. The Morgan fingerprint density at radius 1 is 1.06 bits per heavy atom. The van der Waals surface area contributed by atoms with Crippen molar-refractivity contribution < 1.29 is 37.0 Å². The molecule has 0 aromatic heterocycles. The normalized spacial score (nSPS) is 18.0. The molecule has 1 heterocycles. The molecule has 8 nitrogen and oxygen atoms in total. The number of hydrogen-bond donors (Lipinski definition) is 2. The van der Waals surface area contributed by atoms with Crippen LogP contribution in [0.3, 0.4) is 0 Å². The van der Waals surface area contributed by atoms with Crippen LogP contribution in [0.2, 0.25) is 0 Å². The number of carboxylic acids is 1. The molecule has 1 unspecified atom stereocenters. The van der Waals surface area contributed by atoms with Crippen molar-refractivity contribution in [1.29, 1.82) is 0 Å². The van der Waals surface area contributed by atoms with E-state index in [0.29, 0.717) is 19.4 Å². The van der Waals surface area contributed by atoms with E-state index in [1.54, 1.807) is 12.1 Å². The topological polar surface area (TPSA) is 121 Å². The van der Waals surface area contributed by atoms with E-state index in [2.05, 4.69) is 16.2 Å². The summed E-state index contributed by atoms with van der Waals surface area (Å²) in [7, 11) is -2.94. The fraction of sp³-hybridized carbons (Fsp3) is 0.609. The minimum absolute atomic E-state index is 0.121. The monoisotopic (exact) mass is 468 g/mol. The lowest BCUT2D eigenvalue weighted by Crippen LogP contribution is -2.30. The Hall–Kier alpha value is -2.26. The zero-order valence-electron chi connectivity index (χ0n) is 19.1. The van der Waals surface area contributed by atoms with Crippen LogP contribution in [0.25, 0.3) is 0 Å². The molecule has 1 atom stereocenters. The van der Waals surface area contributed by atoms with Crippen molar-refractivity contribution in [3.63, 3.8) is 0 Å². The van der Waals surface area contributed by atoms with Gasteiger partial charge in [-0.3, -0.25) is 14.1 Å². The molecule has 1 aromatic rings. The molecule has 1 aliphatic heterocycles. The second-order valence-corrected chi connectivity index (χ2v) is 9.99. The second kappa shape index (κ2) is 11.0. The molecule has 2 N–H and O–H groups in total. The van der Waals surface area contributed by atoms with Gasteiger partial charge >= 0.3 is 11.9 Å². The average Bonchev–Trinajstić information content (AvgIpc) is 2.93. The number of methoxy groups -OCH3 is 1. The van der Waals surface area contributed by atoms with Crippen LogP contribution in [-0.4, -0.2) is 54.0 Å². The molecule has 0 spiro atoms. The van der Waals surface area contributed by atoms with Gasteiger partial charge < -0.3 is 9.84 Å². The molecule has 0 bridgehead atoms. The molecule has 0 amide bonds. The van der Waals surface area contributed by atoms with E-state index in [1.165, 1.54) is 13.2 Å². The van der Waals surface area contributed by atoms with Gasteiger partial charge in [0.2, 0.25) is 5.69 Å². The largest absolute Gasteiger partial charge is 0.481 e. The zero-order valence-corrected chi connectivity index (χ0v) is 19.9. The summed E-state index contributed by atoms with van der Waals surface area (Å²) in [5.74, 6) is -1.02. The third-order valence-corrected chi connectivity index (χ3v) is 7.26. The van der Waals surface area contributed by atoms with Crippen LogP contribution in [0.5, 0.6) is 0 Å². The lowest BCUT2D eigenvalue weighted by atomic mass is 9.76. The van der Waals surface area contributed by atoms with Gasteiger partial charge in [-0.05, 0) is 44.7 Å². The lowest BCUT2D eigenvalue weighted by Gasteiger charge is -2.22. The smallest absolute Gasteiger partial charge is 0.305 e. The number of fused-ring (bicyclic) bond motifs is 1. The SMILES string of the molecule is COC(=O)CCCCCC1(C)C(C)=[N+](CCCCCC(=O)O)c2ccc(S(=O)(=O)O)cc21. The van der Waals surface area contributed by atoms with Gasteiger partial charge in [0.15, 0.2) is 5.71 Å². The first-order valence-corrected chi connectivity index (χ1v) is 12.5. The molecular weight excluding hydrogens is 434 g/mol. The standard InChI is InChI=1S/C23H33NO7S/c1-17-23(2,14-8-4-7-11-22(27)31-3)19-16-18(32(28,29)30)12-13-20(19)24(17)15-9-5-6-10-21(25)26/h12-13,16H,4-11,14-15H2,1-3H3,(H-,25,26,28,29,30)/p+1. The molecule has 0 saturated heterocycles. The van der Waals surface area contributed by atoms with E-state index in [0.717, 1.165) is 55.5 Å². The molecule has 0 aliphatic carbocycles. The predicted molar refractivity (Wildman–Crippen MR) is 120 cm³/mol. The van der Waals surface area contributed by atoms with E-state index in [-0.39, 0.29) is 17.3 Å². The van der Waals surface area contributed by atoms with Gasteiger partial charge in [0, 0.05) is 37.8 Å². The van der Waals surface area contributed by atoms with Gasteiger partial charge in [-0.15, -0.1) is 0 Å². The van der Waals surface area contributed by atoms with Gasteiger partial charge in [-0.2, -0.15) is 13.0 Å². The van der Waals surface area contributed by atoms with Crippen molar-refractivity contribution in [2.75, 3.05) is 13.7 Å². The minimum atomic E-state index is -4.32. The molecule has 9 heteroatoms. The maximum atomic E-state index is 11.7. The van der Waals surface area contributed by atoms with Crippen molar-refractivity contribution in [2.45, 2.75) is 81.9 Å². The highest BCUT2D eigenvalue weighted by molar-refractivity contribution is 7.85. The Morgan fingerprint density at radius 3 is 2.34 bits per heavy atom. The Bertz CT molecular complexity index is 984. The number of unbranched alkanes of at least 4 members (excludes halogenated alkanes) is 4. The first kappa shape index (κ1) is 26.0. The first-order valence-electron chi connectivity index (χ1n) is 11.0. The summed E-state index contributed by atoms with van der Waals surface area (Å²) in [5.41, 5.74) is 2.49. The summed E-state index contributed by atoms with van der Waals surface area (Å²) in [4.78, 5) is 21.9. The number of esters is 1. The van der Waals surface area contributed by atoms with Crippen LogP contribution in [0, 0.1) is 0 Å². The van der Waals surface area contributed by atoms with Gasteiger partial charge in [-0.1, -0.05) is 12.8 Å². The molecule has 178 valence electrons. The van der Waals surface area contributed by atoms with Crippen LogP contribution >= 0.6 is 0 Å². The van der Waals surface area contributed by atoms with Crippen LogP contribution < -0.4 is 0 Å². The number of benzene rings is 1. The number of carbonyl (C=O) groups excluding carboxylic acids is 1. The van der Waals surface area contributed by atoms with Crippen molar-refractivity contribution in [3.8, 4) is 0 Å². The second-order valence-electron chi connectivity index (χ2n) is 8.56.